The highest BCUT2D eigenvalue weighted by Crippen LogP contribution is 2.32. The molecule has 3 aromatic rings. The Hall–Kier alpha value is -2.66. The SMILES string of the molecule is Cc1ccc(-c2nc([C@H]3CC(=O)N(c4ccc(Cl)cc4)C3)no2)c(C)c1. The van der Waals surface area contributed by atoms with Gasteiger partial charge in [0.05, 0.1) is 0 Å². The number of rotatable bonds is 3. The van der Waals surface area contributed by atoms with Crippen LogP contribution in [0.25, 0.3) is 11.5 Å². The summed E-state index contributed by atoms with van der Waals surface area (Å²) in [6.07, 6.45) is 0.370. The van der Waals surface area contributed by atoms with Crippen LogP contribution >= 0.6 is 11.6 Å². The molecule has 0 aliphatic carbocycles. The molecule has 1 aromatic heterocycles. The molecule has 0 unspecified atom stereocenters. The second-order valence-electron chi connectivity index (χ2n) is 6.66. The standard InChI is InChI=1S/C20H18ClN3O2/c1-12-3-8-17(13(2)9-12)20-22-19(23-26-20)14-10-18(25)24(11-14)16-6-4-15(21)5-7-16/h3-9,14H,10-11H2,1-2H3/t14-/m0/s1. The van der Waals surface area contributed by atoms with Gasteiger partial charge in [-0.15, -0.1) is 0 Å². The fourth-order valence-corrected chi connectivity index (χ4v) is 3.44. The van der Waals surface area contributed by atoms with E-state index in [-0.39, 0.29) is 11.8 Å². The van der Waals surface area contributed by atoms with Gasteiger partial charge in [0.15, 0.2) is 5.82 Å². The molecule has 1 atom stereocenters. The van der Waals surface area contributed by atoms with Gasteiger partial charge in [0.1, 0.15) is 0 Å². The number of hydrogen-bond acceptors (Lipinski definition) is 4. The van der Waals surface area contributed by atoms with Crippen LogP contribution in [0.5, 0.6) is 0 Å². The van der Waals surface area contributed by atoms with Crippen LogP contribution in [0.15, 0.2) is 47.0 Å². The highest BCUT2D eigenvalue weighted by Gasteiger charge is 2.34. The normalized spacial score (nSPS) is 17.1. The lowest BCUT2D eigenvalue weighted by atomic mass is 10.1. The molecule has 1 aliphatic heterocycles. The minimum atomic E-state index is -0.0820. The maximum absolute atomic E-state index is 12.4. The number of carbonyl (C=O) groups is 1. The van der Waals surface area contributed by atoms with Gasteiger partial charge in [-0.05, 0) is 49.7 Å². The maximum atomic E-state index is 12.4. The first-order chi connectivity index (χ1) is 12.5. The number of nitrogens with zero attached hydrogens (tertiary/aromatic N) is 3. The summed E-state index contributed by atoms with van der Waals surface area (Å²) in [5, 5.41) is 4.78. The smallest absolute Gasteiger partial charge is 0.258 e. The lowest BCUT2D eigenvalue weighted by Crippen LogP contribution is -2.24. The summed E-state index contributed by atoms with van der Waals surface area (Å²) < 4.78 is 5.47. The molecule has 2 aromatic carbocycles. The second kappa shape index (κ2) is 6.57. The molecule has 6 heteroatoms. The highest BCUT2D eigenvalue weighted by atomic mass is 35.5. The first-order valence-electron chi connectivity index (χ1n) is 8.48. The quantitative estimate of drug-likeness (QED) is 0.682. The first kappa shape index (κ1) is 16.8. The monoisotopic (exact) mass is 367 g/mol. The fraction of sp³-hybridized carbons (Fsp3) is 0.250. The molecule has 1 amide bonds. The number of aromatic nitrogens is 2. The Kier molecular flexibility index (Phi) is 4.24. The number of carbonyl (C=O) groups excluding carboxylic acids is 1. The van der Waals surface area contributed by atoms with E-state index in [2.05, 4.69) is 16.2 Å². The molecule has 1 aliphatic rings. The summed E-state index contributed by atoms with van der Waals surface area (Å²) in [6.45, 7) is 4.60. The van der Waals surface area contributed by atoms with Gasteiger partial charge in [-0.25, -0.2) is 0 Å². The van der Waals surface area contributed by atoms with E-state index in [0.717, 1.165) is 16.8 Å². The minimum Gasteiger partial charge on any atom is -0.334 e. The van der Waals surface area contributed by atoms with Crippen molar-refractivity contribution in [2.24, 2.45) is 0 Å². The molecule has 2 heterocycles. The Morgan fingerprint density at radius 3 is 2.65 bits per heavy atom. The molecule has 0 spiro atoms. The summed E-state index contributed by atoms with van der Waals surface area (Å²) in [6, 6.07) is 13.4. The third-order valence-corrected chi connectivity index (χ3v) is 4.93. The molecular weight excluding hydrogens is 350 g/mol. The summed E-state index contributed by atoms with van der Waals surface area (Å²) in [7, 11) is 0. The predicted molar refractivity (Wildman–Crippen MR) is 100 cm³/mol. The van der Waals surface area contributed by atoms with Crippen molar-refractivity contribution in [3.8, 4) is 11.5 Å². The van der Waals surface area contributed by atoms with Crippen molar-refractivity contribution in [2.75, 3.05) is 11.4 Å². The van der Waals surface area contributed by atoms with Crippen molar-refractivity contribution in [1.82, 2.24) is 10.1 Å². The average molecular weight is 368 g/mol. The van der Waals surface area contributed by atoms with Crippen molar-refractivity contribution in [3.05, 3.63) is 64.4 Å². The molecule has 1 fully saturated rings. The topological polar surface area (TPSA) is 59.2 Å². The Bertz CT molecular complexity index is 965. The van der Waals surface area contributed by atoms with Crippen LogP contribution in [0, 0.1) is 13.8 Å². The zero-order valence-electron chi connectivity index (χ0n) is 14.6. The third kappa shape index (κ3) is 3.10. The number of amides is 1. The van der Waals surface area contributed by atoms with Gasteiger partial charge < -0.3 is 9.42 Å². The van der Waals surface area contributed by atoms with E-state index in [9.17, 15) is 4.79 Å². The van der Waals surface area contributed by atoms with Crippen LogP contribution < -0.4 is 4.90 Å². The van der Waals surface area contributed by atoms with E-state index < -0.39 is 0 Å². The van der Waals surface area contributed by atoms with Crippen LogP contribution in [0.2, 0.25) is 5.02 Å². The predicted octanol–water partition coefficient (Wildman–Crippen LogP) is 4.53. The molecule has 0 radical (unpaired) electrons. The molecule has 132 valence electrons. The molecule has 4 rings (SSSR count). The van der Waals surface area contributed by atoms with Crippen molar-refractivity contribution in [2.45, 2.75) is 26.2 Å². The Morgan fingerprint density at radius 2 is 1.92 bits per heavy atom. The summed E-state index contributed by atoms with van der Waals surface area (Å²) in [5.74, 6) is 1.04. The van der Waals surface area contributed by atoms with Gasteiger partial charge in [0, 0.05) is 35.2 Å². The largest absolute Gasteiger partial charge is 0.334 e. The van der Waals surface area contributed by atoms with Gasteiger partial charge in [-0.3, -0.25) is 4.79 Å². The summed E-state index contributed by atoms with van der Waals surface area (Å²) in [4.78, 5) is 18.7. The van der Waals surface area contributed by atoms with E-state index in [1.54, 1.807) is 17.0 Å². The molecule has 0 saturated carbocycles. The zero-order valence-corrected chi connectivity index (χ0v) is 15.3. The second-order valence-corrected chi connectivity index (χ2v) is 7.09. The van der Waals surface area contributed by atoms with Crippen LogP contribution in [0.3, 0.4) is 0 Å². The van der Waals surface area contributed by atoms with Crippen molar-refractivity contribution < 1.29 is 9.32 Å². The molecule has 0 bridgehead atoms. The third-order valence-electron chi connectivity index (χ3n) is 4.68. The van der Waals surface area contributed by atoms with Gasteiger partial charge in [-0.2, -0.15) is 4.98 Å². The minimum absolute atomic E-state index is 0.0511. The highest BCUT2D eigenvalue weighted by molar-refractivity contribution is 6.30. The fourth-order valence-electron chi connectivity index (χ4n) is 3.31. The lowest BCUT2D eigenvalue weighted by Gasteiger charge is -2.16. The summed E-state index contributed by atoms with van der Waals surface area (Å²) >= 11 is 5.93. The molecular formula is C20H18ClN3O2. The molecule has 0 N–H and O–H groups in total. The van der Waals surface area contributed by atoms with E-state index in [1.165, 1.54) is 5.56 Å². The lowest BCUT2D eigenvalue weighted by molar-refractivity contribution is -0.117. The van der Waals surface area contributed by atoms with Crippen LogP contribution in [0.4, 0.5) is 5.69 Å². The van der Waals surface area contributed by atoms with Gasteiger partial charge in [0.2, 0.25) is 5.91 Å². The summed E-state index contributed by atoms with van der Waals surface area (Å²) in [5.41, 5.74) is 4.03. The first-order valence-corrected chi connectivity index (χ1v) is 8.86. The zero-order chi connectivity index (χ0) is 18.3. The van der Waals surface area contributed by atoms with Crippen molar-refractivity contribution in [3.63, 3.8) is 0 Å². The number of benzene rings is 2. The molecule has 1 saturated heterocycles. The van der Waals surface area contributed by atoms with Gasteiger partial charge >= 0.3 is 0 Å². The van der Waals surface area contributed by atoms with Gasteiger partial charge in [-0.1, -0.05) is 34.5 Å². The van der Waals surface area contributed by atoms with Gasteiger partial charge in [0.25, 0.3) is 5.89 Å². The molecule has 5 nitrogen and oxygen atoms in total. The molecule has 26 heavy (non-hydrogen) atoms. The number of aryl methyl sites for hydroxylation is 2. The van der Waals surface area contributed by atoms with E-state index in [1.807, 2.05) is 38.1 Å². The average Bonchev–Trinajstić information content (AvgIpc) is 3.23. The number of halogens is 1. The van der Waals surface area contributed by atoms with E-state index >= 15 is 0 Å². The van der Waals surface area contributed by atoms with Crippen LogP contribution in [0.1, 0.15) is 29.3 Å². The Labute approximate surface area is 156 Å². The van der Waals surface area contributed by atoms with Crippen LogP contribution in [-0.4, -0.2) is 22.6 Å². The van der Waals surface area contributed by atoms with E-state index in [0.29, 0.717) is 29.7 Å². The number of hydrogen-bond donors (Lipinski definition) is 0. The van der Waals surface area contributed by atoms with Crippen molar-refractivity contribution >= 4 is 23.2 Å². The Morgan fingerprint density at radius 1 is 1.15 bits per heavy atom. The Balaban J connectivity index is 1.57. The van der Waals surface area contributed by atoms with Crippen LogP contribution in [-0.2, 0) is 4.79 Å². The maximum Gasteiger partial charge on any atom is 0.258 e. The van der Waals surface area contributed by atoms with Crippen molar-refractivity contribution in [1.29, 1.82) is 0 Å². The number of anilines is 1. The van der Waals surface area contributed by atoms with E-state index in [4.69, 9.17) is 16.1 Å².